The number of sulfonamides is 1. The maximum Gasteiger partial charge on any atom is 0.243 e. The molecule has 1 amide bonds. The number of rotatable bonds is 9. The van der Waals surface area contributed by atoms with Gasteiger partial charge in [-0.25, -0.2) is 8.42 Å². The number of carbonyl (C=O) groups excluding carboxylic acids is 1. The normalized spacial score (nSPS) is 15.9. The third-order valence-electron chi connectivity index (χ3n) is 5.88. The molecule has 11 nitrogen and oxygen atoms in total. The maximum atomic E-state index is 13.7. The topological polar surface area (TPSA) is 129 Å². The van der Waals surface area contributed by atoms with Crippen LogP contribution in [0.2, 0.25) is 0 Å². The van der Waals surface area contributed by atoms with Crippen molar-refractivity contribution in [3.8, 4) is 11.4 Å². The van der Waals surface area contributed by atoms with Crippen molar-refractivity contribution in [3.05, 3.63) is 53.9 Å². The molecule has 1 aliphatic rings. The molecule has 1 atom stereocenters. The fraction of sp³-hybridized carbons (Fsp3) is 0.391. The first-order valence-electron chi connectivity index (χ1n) is 11.2. The van der Waals surface area contributed by atoms with Crippen LogP contribution in [0.4, 0.5) is 5.69 Å². The smallest absolute Gasteiger partial charge is 0.243 e. The second-order valence-corrected chi connectivity index (χ2v) is 10.3. The van der Waals surface area contributed by atoms with Crippen LogP contribution >= 0.6 is 0 Å². The molecule has 3 aromatic rings. The van der Waals surface area contributed by atoms with Crippen LogP contribution in [0.1, 0.15) is 24.0 Å². The number of anilines is 1. The zero-order valence-electron chi connectivity index (χ0n) is 19.8. The van der Waals surface area contributed by atoms with E-state index in [2.05, 4.69) is 20.8 Å². The van der Waals surface area contributed by atoms with E-state index in [9.17, 15) is 13.2 Å². The molecule has 2 aromatic carbocycles. The molecule has 1 saturated heterocycles. The number of hydrogen-bond donors (Lipinski definition) is 1. The summed E-state index contributed by atoms with van der Waals surface area (Å²) in [6, 6.07) is 10.1. The zero-order chi connectivity index (χ0) is 25.0. The number of carbonyl (C=O) groups is 1. The standard InChI is InChI=1S/C23H28N6O5S/c1-16-6-4-7-17(2)23(16)25-22(30)14-28(13-18-8-5-11-34-18)35(31,32)19-9-10-20(21(12-19)33-3)29-15-24-26-27-29/h4,6-7,9-10,12,15,18H,5,8,11,13-14H2,1-3H3,(H,25,30). The van der Waals surface area contributed by atoms with Gasteiger partial charge in [-0.1, -0.05) is 18.2 Å². The third-order valence-corrected chi connectivity index (χ3v) is 7.69. The molecule has 1 aliphatic heterocycles. The summed E-state index contributed by atoms with van der Waals surface area (Å²) < 4.78 is 41.0. The SMILES string of the molecule is COc1cc(S(=O)(=O)N(CC(=O)Nc2c(C)cccc2C)CC2CCCO2)ccc1-n1cnnn1. The highest BCUT2D eigenvalue weighted by molar-refractivity contribution is 7.89. The molecular formula is C23H28N6O5S. The highest BCUT2D eigenvalue weighted by Crippen LogP contribution is 2.28. The molecule has 0 saturated carbocycles. The van der Waals surface area contributed by atoms with E-state index in [1.165, 1.54) is 30.3 Å². The van der Waals surface area contributed by atoms with Gasteiger partial charge in [0.2, 0.25) is 15.9 Å². The Morgan fingerprint density at radius 3 is 2.66 bits per heavy atom. The van der Waals surface area contributed by atoms with Crippen molar-refractivity contribution in [2.75, 3.05) is 32.1 Å². The van der Waals surface area contributed by atoms with Crippen LogP contribution in [0.15, 0.2) is 47.6 Å². The molecule has 12 heteroatoms. The van der Waals surface area contributed by atoms with E-state index in [-0.39, 0.29) is 29.8 Å². The second-order valence-electron chi connectivity index (χ2n) is 8.34. The maximum absolute atomic E-state index is 13.7. The fourth-order valence-corrected chi connectivity index (χ4v) is 5.49. The molecule has 2 heterocycles. The summed E-state index contributed by atoms with van der Waals surface area (Å²) in [7, 11) is -2.63. The average Bonchev–Trinajstić information content (AvgIpc) is 3.55. The number of hydrogen-bond acceptors (Lipinski definition) is 8. The van der Waals surface area contributed by atoms with Crippen LogP contribution < -0.4 is 10.1 Å². The Hall–Kier alpha value is -3.35. The molecule has 0 bridgehead atoms. The van der Waals surface area contributed by atoms with E-state index >= 15 is 0 Å². The molecule has 1 N–H and O–H groups in total. The highest BCUT2D eigenvalue weighted by Gasteiger charge is 2.31. The van der Waals surface area contributed by atoms with Crippen LogP contribution in [0, 0.1) is 13.8 Å². The van der Waals surface area contributed by atoms with Crippen LogP contribution in [-0.4, -0.2) is 71.7 Å². The summed E-state index contributed by atoms with van der Waals surface area (Å²) >= 11 is 0. The van der Waals surface area contributed by atoms with Crippen molar-refractivity contribution in [3.63, 3.8) is 0 Å². The third kappa shape index (κ3) is 5.50. The van der Waals surface area contributed by atoms with Gasteiger partial charge in [-0.05, 0) is 60.4 Å². The van der Waals surface area contributed by atoms with E-state index in [1.807, 2.05) is 32.0 Å². The Morgan fingerprint density at radius 2 is 2.03 bits per heavy atom. The molecule has 186 valence electrons. The lowest BCUT2D eigenvalue weighted by Gasteiger charge is -2.25. The van der Waals surface area contributed by atoms with Crippen LogP contribution in [0.5, 0.6) is 5.75 Å². The molecule has 0 radical (unpaired) electrons. The van der Waals surface area contributed by atoms with Crippen molar-refractivity contribution >= 4 is 21.6 Å². The fourth-order valence-electron chi connectivity index (χ4n) is 4.04. The van der Waals surface area contributed by atoms with Crippen molar-refractivity contribution in [1.82, 2.24) is 24.5 Å². The lowest BCUT2D eigenvalue weighted by atomic mass is 10.1. The largest absolute Gasteiger partial charge is 0.494 e. The lowest BCUT2D eigenvalue weighted by molar-refractivity contribution is -0.116. The first-order valence-corrected chi connectivity index (χ1v) is 12.6. The number of nitrogens with one attached hydrogen (secondary N) is 1. The first kappa shape index (κ1) is 24.8. The van der Waals surface area contributed by atoms with E-state index in [1.54, 1.807) is 6.07 Å². The minimum atomic E-state index is -4.06. The van der Waals surface area contributed by atoms with Gasteiger partial charge in [0.1, 0.15) is 17.8 Å². The Bertz CT molecular complexity index is 1270. The van der Waals surface area contributed by atoms with Crippen molar-refractivity contribution in [1.29, 1.82) is 0 Å². The van der Waals surface area contributed by atoms with Crippen molar-refractivity contribution in [2.45, 2.75) is 37.7 Å². The Labute approximate surface area is 204 Å². The van der Waals surface area contributed by atoms with Crippen LogP contribution in [0.3, 0.4) is 0 Å². The molecule has 1 unspecified atom stereocenters. The second kappa shape index (κ2) is 10.5. The minimum Gasteiger partial charge on any atom is -0.494 e. The Kier molecular flexibility index (Phi) is 7.43. The average molecular weight is 501 g/mol. The van der Waals surface area contributed by atoms with Gasteiger partial charge in [-0.3, -0.25) is 4.79 Å². The Morgan fingerprint density at radius 1 is 1.26 bits per heavy atom. The number of methoxy groups -OCH3 is 1. The van der Waals surface area contributed by atoms with E-state index in [0.717, 1.165) is 28.3 Å². The number of benzene rings is 2. The van der Waals surface area contributed by atoms with Gasteiger partial charge in [-0.2, -0.15) is 8.99 Å². The highest BCUT2D eigenvalue weighted by atomic mass is 32.2. The first-order chi connectivity index (χ1) is 16.8. The summed E-state index contributed by atoms with van der Waals surface area (Å²) in [5, 5.41) is 13.9. The van der Waals surface area contributed by atoms with Crippen molar-refractivity contribution < 1.29 is 22.7 Å². The summed E-state index contributed by atoms with van der Waals surface area (Å²) in [5.41, 5.74) is 2.96. The molecule has 1 fully saturated rings. The summed E-state index contributed by atoms with van der Waals surface area (Å²) in [4.78, 5) is 13.0. The number of tetrazole rings is 1. The number of ether oxygens (including phenoxy) is 2. The van der Waals surface area contributed by atoms with E-state index in [0.29, 0.717) is 18.0 Å². The van der Waals surface area contributed by atoms with Gasteiger partial charge in [-0.15, -0.1) is 5.10 Å². The minimum absolute atomic E-state index is 0.0101. The molecule has 35 heavy (non-hydrogen) atoms. The molecule has 0 spiro atoms. The molecular weight excluding hydrogens is 472 g/mol. The predicted octanol–water partition coefficient (Wildman–Crippen LogP) is 2.10. The van der Waals surface area contributed by atoms with Gasteiger partial charge in [0.25, 0.3) is 0 Å². The summed E-state index contributed by atoms with van der Waals surface area (Å²) in [6.45, 7) is 4.07. The van der Waals surface area contributed by atoms with Gasteiger partial charge < -0.3 is 14.8 Å². The lowest BCUT2D eigenvalue weighted by Crippen LogP contribution is -2.42. The summed E-state index contributed by atoms with van der Waals surface area (Å²) in [5.74, 6) is -0.156. The number of para-hydroxylation sites is 1. The van der Waals surface area contributed by atoms with Gasteiger partial charge in [0.15, 0.2) is 0 Å². The molecule has 0 aliphatic carbocycles. The quantitative estimate of drug-likeness (QED) is 0.473. The zero-order valence-corrected chi connectivity index (χ0v) is 20.7. The number of amides is 1. The van der Waals surface area contributed by atoms with E-state index < -0.39 is 15.9 Å². The molecule has 1 aromatic heterocycles. The Balaban J connectivity index is 1.63. The van der Waals surface area contributed by atoms with Gasteiger partial charge in [0.05, 0.1) is 24.7 Å². The predicted molar refractivity (Wildman–Crippen MR) is 128 cm³/mol. The van der Waals surface area contributed by atoms with E-state index in [4.69, 9.17) is 9.47 Å². The number of aryl methyl sites for hydroxylation is 2. The summed E-state index contributed by atoms with van der Waals surface area (Å²) in [6.07, 6.45) is 2.68. The number of aromatic nitrogens is 4. The van der Waals surface area contributed by atoms with Crippen molar-refractivity contribution in [2.24, 2.45) is 0 Å². The van der Waals surface area contributed by atoms with Gasteiger partial charge in [0, 0.05) is 24.9 Å². The number of nitrogens with zero attached hydrogens (tertiary/aromatic N) is 5. The van der Waals surface area contributed by atoms with Gasteiger partial charge >= 0.3 is 0 Å². The molecule has 4 rings (SSSR count). The van der Waals surface area contributed by atoms with Crippen LogP contribution in [0.25, 0.3) is 5.69 Å². The monoisotopic (exact) mass is 500 g/mol. The van der Waals surface area contributed by atoms with Crippen LogP contribution in [-0.2, 0) is 19.6 Å².